The van der Waals surface area contributed by atoms with Gasteiger partial charge in [0, 0.05) is 0 Å². The molecule has 0 spiro atoms. The Bertz CT molecular complexity index is 257. The van der Waals surface area contributed by atoms with Crippen molar-refractivity contribution in [3.05, 3.63) is 0 Å². The summed E-state index contributed by atoms with van der Waals surface area (Å²) < 4.78 is 8.84. The standard InChI is InChI=1S/C9H13NO4S2/c1-13-7(11)5-15-9(3-4-10)16-6-8(12)14-2/h9H,3,5-6H2,1-2H3. The van der Waals surface area contributed by atoms with Crippen LogP contribution < -0.4 is 0 Å². The van der Waals surface area contributed by atoms with Gasteiger partial charge in [-0.3, -0.25) is 9.59 Å². The minimum atomic E-state index is -0.341. The Morgan fingerprint density at radius 1 is 1.19 bits per heavy atom. The minimum Gasteiger partial charge on any atom is -0.468 e. The Kier molecular flexibility index (Phi) is 8.85. The van der Waals surface area contributed by atoms with Crippen molar-refractivity contribution in [2.45, 2.75) is 11.0 Å². The molecule has 0 aromatic carbocycles. The maximum atomic E-state index is 10.9. The first kappa shape index (κ1) is 15.1. The second kappa shape index (κ2) is 9.36. The van der Waals surface area contributed by atoms with E-state index in [1.807, 2.05) is 6.07 Å². The second-order valence-corrected chi connectivity index (χ2v) is 5.25. The average Bonchev–Trinajstić information content (AvgIpc) is 2.31. The zero-order valence-corrected chi connectivity index (χ0v) is 10.7. The number of ether oxygens (including phenoxy) is 2. The van der Waals surface area contributed by atoms with Crippen LogP contribution in [-0.4, -0.2) is 42.2 Å². The summed E-state index contributed by atoms with van der Waals surface area (Å²) in [4.78, 5) is 21.8. The smallest absolute Gasteiger partial charge is 0.315 e. The molecular formula is C9H13NO4S2. The van der Waals surface area contributed by atoms with Gasteiger partial charge in [0.25, 0.3) is 0 Å². The van der Waals surface area contributed by atoms with Crippen molar-refractivity contribution in [1.82, 2.24) is 0 Å². The number of rotatable bonds is 7. The molecule has 0 amide bonds. The fourth-order valence-corrected chi connectivity index (χ4v) is 2.74. The molecule has 0 rings (SSSR count). The van der Waals surface area contributed by atoms with Gasteiger partial charge in [0.05, 0.1) is 42.8 Å². The van der Waals surface area contributed by atoms with Gasteiger partial charge in [0.2, 0.25) is 0 Å². The molecule has 0 unspecified atom stereocenters. The number of nitriles is 1. The highest BCUT2D eigenvalue weighted by molar-refractivity contribution is 8.17. The third-order valence-electron chi connectivity index (χ3n) is 1.49. The van der Waals surface area contributed by atoms with E-state index in [0.29, 0.717) is 0 Å². The summed E-state index contributed by atoms with van der Waals surface area (Å²) in [7, 11) is 2.62. The molecule has 0 saturated carbocycles. The van der Waals surface area contributed by atoms with E-state index in [-0.39, 0.29) is 34.4 Å². The van der Waals surface area contributed by atoms with Crippen molar-refractivity contribution in [3.63, 3.8) is 0 Å². The molecule has 0 atom stereocenters. The van der Waals surface area contributed by atoms with Crippen LogP contribution >= 0.6 is 23.5 Å². The summed E-state index contributed by atoms with van der Waals surface area (Å²) in [5, 5.41) is 8.57. The van der Waals surface area contributed by atoms with E-state index in [0.717, 1.165) is 0 Å². The molecule has 0 saturated heterocycles. The quantitative estimate of drug-likeness (QED) is 0.501. The van der Waals surface area contributed by atoms with E-state index in [1.54, 1.807) is 0 Å². The van der Waals surface area contributed by atoms with Crippen LogP contribution in [-0.2, 0) is 19.1 Å². The molecule has 16 heavy (non-hydrogen) atoms. The molecule has 0 fully saturated rings. The SMILES string of the molecule is COC(=O)CSC(CC#N)SCC(=O)OC. The Hall–Kier alpha value is -0.870. The van der Waals surface area contributed by atoms with Gasteiger partial charge >= 0.3 is 11.9 Å². The van der Waals surface area contributed by atoms with Crippen molar-refractivity contribution in [3.8, 4) is 6.07 Å². The normalized spacial score (nSPS) is 9.62. The summed E-state index contributed by atoms with van der Waals surface area (Å²) >= 11 is 2.58. The van der Waals surface area contributed by atoms with Crippen LogP contribution in [0.15, 0.2) is 0 Å². The topological polar surface area (TPSA) is 76.4 Å². The number of methoxy groups -OCH3 is 2. The zero-order chi connectivity index (χ0) is 12.4. The summed E-state index contributed by atoms with van der Waals surface area (Å²) in [5.41, 5.74) is 0. The molecule has 0 aliphatic heterocycles. The van der Waals surface area contributed by atoms with Crippen molar-refractivity contribution >= 4 is 35.5 Å². The lowest BCUT2D eigenvalue weighted by Crippen LogP contribution is -2.10. The van der Waals surface area contributed by atoms with E-state index in [2.05, 4.69) is 9.47 Å². The fourth-order valence-electron chi connectivity index (χ4n) is 0.680. The monoisotopic (exact) mass is 263 g/mol. The average molecular weight is 263 g/mol. The summed E-state index contributed by atoms with van der Waals surface area (Å²) in [6.45, 7) is 0. The number of nitrogens with zero attached hydrogens (tertiary/aromatic N) is 1. The summed E-state index contributed by atoms with van der Waals surface area (Å²) in [6.07, 6.45) is 0.267. The molecule has 0 heterocycles. The predicted octanol–water partition coefficient (Wildman–Crippen LogP) is 1.04. The molecule has 0 aromatic rings. The van der Waals surface area contributed by atoms with Gasteiger partial charge in [-0.05, 0) is 0 Å². The largest absolute Gasteiger partial charge is 0.468 e. The Labute approximate surface area is 103 Å². The molecule has 0 N–H and O–H groups in total. The van der Waals surface area contributed by atoms with Crippen LogP contribution in [0.25, 0.3) is 0 Å². The second-order valence-electron chi connectivity index (χ2n) is 2.57. The molecule has 0 aliphatic rings. The Morgan fingerprint density at radius 2 is 1.62 bits per heavy atom. The van der Waals surface area contributed by atoms with Gasteiger partial charge in [-0.25, -0.2) is 0 Å². The fraction of sp³-hybridized carbons (Fsp3) is 0.667. The number of thioether (sulfide) groups is 2. The minimum absolute atomic E-state index is 0.122. The molecule has 0 bridgehead atoms. The zero-order valence-electron chi connectivity index (χ0n) is 9.10. The van der Waals surface area contributed by atoms with Gasteiger partial charge in [-0.2, -0.15) is 5.26 Å². The predicted molar refractivity (Wildman–Crippen MR) is 63.0 cm³/mol. The van der Waals surface area contributed by atoms with Crippen LogP contribution in [0.1, 0.15) is 6.42 Å². The number of carbonyl (C=O) groups excluding carboxylic acids is 2. The van der Waals surface area contributed by atoms with Crippen molar-refractivity contribution in [2.75, 3.05) is 25.7 Å². The third-order valence-corrected chi connectivity index (χ3v) is 4.19. The van der Waals surface area contributed by atoms with Crippen LogP contribution in [0.2, 0.25) is 0 Å². The van der Waals surface area contributed by atoms with Gasteiger partial charge in [-0.1, -0.05) is 0 Å². The lowest BCUT2D eigenvalue weighted by molar-refractivity contribution is -0.138. The van der Waals surface area contributed by atoms with E-state index in [4.69, 9.17) is 5.26 Å². The molecule has 5 nitrogen and oxygen atoms in total. The van der Waals surface area contributed by atoms with Crippen LogP contribution in [0.4, 0.5) is 0 Å². The highest BCUT2D eigenvalue weighted by atomic mass is 32.2. The molecule has 90 valence electrons. The summed E-state index contributed by atoms with van der Waals surface area (Å²) in [6, 6.07) is 2.01. The van der Waals surface area contributed by atoms with Gasteiger partial charge in [0.1, 0.15) is 0 Å². The molecule has 7 heteroatoms. The maximum absolute atomic E-state index is 10.9. The van der Waals surface area contributed by atoms with Gasteiger partial charge in [-0.15, -0.1) is 23.5 Å². The van der Waals surface area contributed by atoms with Gasteiger partial charge in [0.15, 0.2) is 0 Å². The Balaban J connectivity index is 3.93. The number of hydrogen-bond donors (Lipinski definition) is 0. The highest BCUT2D eigenvalue weighted by Crippen LogP contribution is 2.26. The molecular weight excluding hydrogens is 250 g/mol. The van der Waals surface area contributed by atoms with E-state index < -0.39 is 0 Å². The van der Waals surface area contributed by atoms with Crippen molar-refractivity contribution < 1.29 is 19.1 Å². The molecule has 0 aromatic heterocycles. The number of hydrogen-bond acceptors (Lipinski definition) is 7. The molecule has 0 radical (unpaired) electrons. The lowest BCUT2D eigenvalue weighted by Gasteiger charge is -2.11. The van der Waals surface area contributed by atoms with Gasteiger partial charge < -0.3 is 9.47 Å². The third kappa shape index (κ3) is 7.43. The van der Waals surface area contributed by atoms with E-state index >= 15 is 0 Å². The molecule has 0 aliphatic carbocycles. The number of carbonyl (C=O) groups is 2. The van der Waals surface area contributed by atoms with Crippen molar-refractivity contribution in [1.29, 1.82) is 5.26 Å². The van der Waals surface area contributed by atoms with Crippen molar-refractivity contribution in [2.24, 2.45) is 0 Å². The van der Waals surface area contributed by atoms with Crippen LogP contribution in [0, 0.1) is 11.3 Å². The highest BCUT2D eigenvalue weighted by Gasteiger charge is 2.14. The number of esters is 2. The maximum Gasteiger partial charge on any atom is 0.315 e. The first-order valence-electron chi connectivity index (χ1n) is 4.37. The first-order chi connectivity index (χ1) is 7.63. The van der Waals surface area contributed by atoms with Crippen LogP contribution in [0.3, 0.4) is 0 Å². The summed E-state index contributed by atoms with van der Waals surface area (Å²) in [5.74, 6) is -0.327. The van der Waals surface area contributed by atoms with E-state index in [1.165, 1.54) is 37.7 Å². The first-order valence-corrected chi connectivity index (χ1v) is 6.47. The van der Waals surface area contributed by atoms with Crippen LogP contribution in [0.5, 0.6) is 0 Å². The Morgan fingerprint density at radius 3 is 1.94 bits per heavy atom. The lowest BCUT2D eigenvalue weighted by atomic mass is 10.5. The van der Waals surface area contributed by atoms with E-state index in [9.17, 15) is 9.59 Å².